The van der Waals surface area contributed by atoms with Crippen LogP contribution >= 0.6 is 15.9 Å². The number of anilines is 1. The van der Waals surface area contributed by atoms with Crippen LogP contribution in [0.2, 0.25) is 0 Å². The van der Waals surface area contributed by atoms with Crippen LogP contribution in [-0.2, 0) is 4.74 Å². The third-order valence-corrected chi connectivity index (χ3v) is 3.78. The van der Waals surface area contributed by atoms with E-state index in [0.29, 0.717) is 12.1 Å². The van der Waals surface area contributed by atoms with Crippen molar-refractivity contribution in [1.29, 1.82) is 0 Å². The molecular weight excluding hydrogens is 268 g/mol. The second-order valence-electron chi connectivity index (χ2n) is 4.30. The second-order valence-corrected chi connectivity index (χ2v) is 5.16. The van der Waals surface area contributed by atoms with Gasteiger partial charge in [0.2, 0.25) is 0 Å². The van der Waals surface area contributed by atoms with Crippen LogP contribution in [0.15, 0.2) is 16.7 Å². The maximum atomic E-state index is 5.64. The van der Waals surface area contributed by atoms with Crippen molar-refractivity contribution in [2.45, 2.75) is 38.8 Å². The molecule has 3 nitrogen and oxygen atoms in total. The molecule has 0 saturated carbocycles. The van der Waals surface area contributed by atoms with Crippen molar-refractivity contribution < 1.29 is 4.74 Å². The van der Waals surface area contributed by atoms with Crippen LogP contribution in [0.25, 0.3) is 0 Å². The Hall–Kier alpha value is -0.610. The van der Waals surface area contributed by atoms with Crippen molar-refractivity contribution in [3.63, 3.8) is 0 Å². The molecule has 0 aromatic carbocycles. The van der Waals surface area contributed by atoms with E-state index in [-0.39, 0.29) is 0 Å². The number of aromatic nitrogens is 1. The summed E-state index contributed by atoms with van der Waals surface area (Å²) in [7, 11) is 0. The van der Waals surface area contributed by atoms with E-state index >= 15 is 0 Å². The Kier molecular flexibility index (Phi) is 3.82. The molecule has 1 saturated heterocycles. The lowest BCUT2D eigenvalue weighted by atomic mass is 10.1. The molecule has 1 aromatic rings. The quantitative estimate of drug-likeness (QED) is 0.926. The SMILES string of the molecule is Cc1cc(NC(C)C2CCCO2)ncc1Br. The second kappa shape index (κ2) is 5.15. The van der Waals surface area contributed by atoms with Gasteiger partial charge in [0.1, 0.15) is 5.82 Å². The molecule has 2 heterocycles. The zero-order valence-electron chi connectivity index (χ0n) is 9.66. The van der Waals surface area contributed by atoms with E-state index in [1.165, 1.54) is 12.0 Å². The Morgan fingerprint density at radius 2 is 2.44 bits per heavy atom. The van der Waals surface area contributed by atoms with Crippen molar-refractivity contribution in [1.82, 2.24) is 4.98 Å². The van der Waals surface area contributed by atoms with Crippen LogP contribution in [0.5, 0.6) is 0 Å². The van der Waals surface area contributed by atoms with Crippen LogP contribution in [0, 0.1) is 6.92 Å². The molecular formula is C12H17BrN2O. The highest BCUT2D eigenvalue weighted by Crippen LogP contribution is 2.21. The average Bonchev–Trinajstić information content (AvgIpc) is 2.77. The molecule has 1 fully saturated rings. The van der Waals surface area contributed by atoms with Crippen molar-refractivity contribution in [3.05, 3.63) is 22.3 Å². The summed E-state index contributed by atoms with van der Waals surface area (Å²) in [5, 5.41) is 3.39. The summed E-state index contributed by atoms with van der Waals surface area (Å²) < 4.78 is 6.69. The van der Waals surface area contributed by atoms with Crippen molar-refractivity contribution in [3.8, 4) is 0 Å². The topological polar surface area (TPSA) is 34.1 Å². The van der Waals surface area contributed by atoms with Crippen LogP contribution in [0.3, 0.4) is 0 Å². The molecule has 88 valence electrons. The Labute approximate surface area is 105 Å². The molecule has 16 heavy (non-hydrogen) atoms. The molecule has 0 spiro atoms. The minimum absolute atomic E-state index is 0.315. The van der Waals surface area contributed by atoms with Gasteiger partial charge in [0, 0.05) is 17.3 Å². The first kappa shape index (κ1) is 11.9. The molecule has 1 aliphatic rings. The lowest BCUT2D eigenvalue weighted by molar-refractivity contribution is 0.0995. The number of halogens is 1. The first-order chi connectivity index (χ1) is 7.66. The zero-order valence-corrected chi connectivity index (χ0v) is 11.3. The molecule has 0 bridgehead atoms. The Bertz CT molecular complexity index is 364. The van der Waals surface area contributed by atoms with Gasteiger partial charge < -0.3 is 10.1 Å². The average molecular weight is 285 g/mol. The van der Waals surface area contributed by atoms with E-state index in [9.17, 15) is 0 Å². The largest absolute Gasteiger partial charge is 0.376 e. The number of nitrogens with one attached hydrogen (secondary N) is 1. The third-order valence-electron chi connectivity index (χ3n) is 2.95. The molecule has 2 unspecified atom stereocenters. The summed E-state index contributed by atoms with van der Waals surface area (Å²) in [4.78, 5) is 4.34. The summed E-state index contributed by atoms with van der Waals surface area (Å²) in [5.74, 6) is 0.920. The first-order valence-corrected chi connectivity index (χ1v) is 6.46. The lowest BCUT2D eigenvalue weighted by Crippen LogP contribution is -2.30. The number of pyridine rings is 1. The van der Waals surface area contributed by atoms with Crippen molar-refractivity contribution in [2.24, 2.45) is 0 Å². The lowest BCUT2D eigenvalue weighted by Gasteiger charge is -2.20. The van der Waals surface area contributed by atoms with Gasteiger partial charge in [0.25, 0.3) is 0 Å². The van der Waals surface area contributed by atoms with Gasteiger partial charge in [-0.15, -0.1) is 0 Å². The minimum Gasteiger partial charge on any atom is -0.376 e. The van der Waals surface area contributed by atoms with Crippen LogP contribution in [-0.4, -0.2) is 23.7 Å². The number of rotatable bonds is 3. The van der Waals surface area contributed by atoms with Crippen LogP contribution < -0.4 is 5.32 Å². The van der Waals surface area contributed by atoms with E-state index in [1.807, 2.05) is 6.20 Å². The van der Waals surface area contributed by atoms with Gasteiger partial charge >= 0.3 is 0 Å². The smallest absolute Gasteiger partial charge is 0.126 e. The number of aryl methyl sites for hydroxylation is 1. The highest BCUT2D eigenvalue weighted by molar-refractivity contribution is 9.10. The molecule has 1 aromatic heterocycles. The summed E-state index contributed by atoms with van der Waals surface area (Å²) in [6.45, 7) is 5.10. The van der Waals surface area contributed by atoms with Gasteiger partial charge in [-0.3, -0.25) is 0 Å². The maximum absolute atomic E-state index is 5.64. The summed E-state index contributed by atoms with van der Waals surface area (Å²) in [5.41, 5.74) is 1.19. The van der Waals surface area contributed by atoms with Crippen molar-refractivity contribution in [2.75, 3.05) is 11.9 Å². The fraction of sp³-hybridized carbons (Fsp3) is 0.583. The van der Waals surface area contributed by atoms with Gasteiger partial charge in [0.05, 0.1) is 12.1 Å². The monoisotopic (exact) mass is 284 g/mol. The molecule has 4 heteroatoms. The number of hydrogen-bond donors (Lipinski definition) is 1. The number of nitrogens with zero attached hydrogens (tertiary/aromatic N) is 1. The van der Waals surface area contributed by atoms with E-state index in [0.717, 1.165) is 23.3 Å². The highest BCUT2D eigenvalue weighted by Gasteiger charge is 2.22. The predicted molar refractivity (Wildman–Crippen MR) is 68.7 cm³/mol. The number of ether oxygens (including phenoxy) is 1. The fourth-order valence-corrected chi connectivity index (χ4v) is 2.16. The Morgan fingerprint density at radius 1 is 1.62 bits per heavy atom. The van der Waals surface area contributed by atoms with Gasteiger partial charge in [-0.2, -0.15) is 0 Å². The summed E-state index contributed by atoms with van der Waals surface area (Å²) >= 11 is 3.45. The molecule has 1 N–H and O–H groups in total. The highest BCUT2D eigenvalue weighted by atomic mass is 79.9. The van der Waals surface area contributed by atoms with Crippen molar-refractivity contribution >= 4 is 21.7 Å². The fourth-order valence-electron chi connectivity index (χ4n) is 1.94. The predicted octanol–water partition coefficient (Wildman–Crippen LogP) is 3.13. The normalized spacial score (nSPS) is 22.1. The first-order valence-electron chi connectivity index (χ1n) is 5.67. The molecule has 0 amide bonds. The zero-order chi connectivity index (χ0) is 11.5. The molecule has 2 rings (SSSR count). The standard InChI is InChI=1S/C12H17BrN2O/c1-8-6-12(14-7-10(8)13)15-9(2)11-4-3-5-16-11/h6-7,9,11H,3-5H2,1-2H3,(H,14,15). The molecule has 0 radical (unpaired) electrons. The van der Waals surface area contributed by atoms with E-state index in [1.54, 1.807) is 0 Å². The van der Waals surface area contributed by atoms with Crippen LogP contribution in [0.1, 0.15) is 25.3 Å². The number of hydrogen-bond acceptors (Lipinski definition) is 3. The van der Waals surface area contributed by atoms with Gasteiger partial charge in [0.15, 0.2) is 0 Å². The Balaban J connectivity index is 1.99. The van der Waals surface area contributed by atoms with Crippen LogP contribution in [0.4, 0.5) is 5.82 Å². The van der Waals surface area contributed by atoms with E-state index < -0.39 is 0 Å². The molecule has 1 aliphatic heterocycles. The van der Waals surface area contributed by atoms with Gasteiger partial charge in [-0.25, -0.2) is 4.98 Å². The summed E-state index contributed by atoms with van der Waals surface area (Å²) in [6.07, 6.45) is 4.47. The van der Waals surface area contributed by atoms with E-state index in [2.05, 4.69) is 46.1 Å². The maximum Gasteiger partial charge on any atom is 0.126 e. The Morgan fingerprint density at radius 3 is 3.06 bits per heavy atom. The summed E-state index contributed by atoms with van der Waals surface area (Å²) in [6, 6.07) is 2.37. The minimum atomic E-state index is 0.315. The van der Waals surface area contributed by atoms with E-state index in [4.69, 9.17) is 4.74 Å². The molecule has 0 aliphatic carbocycles. The molecule has 2 atom stereocenters. The van der Waals surface area contributed by atoms with Gasteiger partial charge in [-0.05, 0) is 54.2 Å². The van der Waals surface area contributed by atoms with Gasteiger partial charge in [-0.1, -0.05) is 0 Å². The third kappa shape index (κ3) is 2.74.